The summed E-state index contributed by atoms with van der Waals surface area (Å²) in [5, 5.41) is 3.13. The molecule has 2 saturated heterocycles. The second kappa shape index (κ2) is 11.1. The highest BCUT2D eigenvalue weighted by atomic mass is 16.6. The average molecular weight is 419 g/mol. The number of carbonyl (C=O) groups excluding carboxylic acids is 2. The Hall–Kier alpha value is -2.48. The monoisotopic (exact) mass is 418 g/mol. The molecule has 1 aromatic carbocycles. The molecule has 166 valence electrons. The molecule has 2 aliphatic heterocycles. The number of piperidine rings is 1. The van der Waals surface area contributed by atoms with Gasteiger partial charge in [-0.05, 0) is 38.8 Å². The molecular weight excluding hydrogens is 384 g/mol. The lowest BCUT2D eigenvalue weighted by molar-refractivity contribution is -0.123. The Morgan fingerprint density at radius 3 is 2.37 bits per heavy atom. The molecule has 2 heterocycles. The van der Waals surface area contributed by atoms with Crippen LogP contribution in [0.1, 0.15) is 26.7 Å². The third kappa shape index (κ3) is 6.01. The van der Waals surface area contributed by atoms with Crippen molar-refractivity contribution in [2.75, 3.05) is 63.9 Å². The first-order valence-corrected chi connectivity index (χ1v) is 11.0. The predicted molar refractivity (Wildman–Crippen MR) is 116 cm³/mol. The first-order valence-electron chi connectivity index (χ1n) is 11.0. The van der Waals surface area contributed by atoms with Crippen LogP contribution in [0.4, 0.5) is 10.5 Å². The summed E-state index contributed by atoms with van der Waals surface area (Å²) in [6.07, 6.45) is 1.28. The Balaban J connectivity index is 1.39. The van der Waals surface area contributed by atoms with E-state index >= 15 is 0 Å². The van der Waals surface area contributed by atoms with E-state index in [1.165, 1.54) is 0 Å². The Kier molecular flexibility index (Phi) is 8.19. The lowest BCUT2D eigenvalue weighted by Gasteiger charge is -2.37. The molecule has 2 fully saturated rings. The maximum absolute atomic E-state index is 12.5. The number of nitrogens with zero attached hydrogens (tertiary/aromatic N) is 3. The quantitative estimate of drug-likeness (QED) is 0.730. The SMILES string of the molecule is CCOC(=O)N1CCC(NC(=O)CN2CCN(c3ccccc3OCC)CC2)CC1. The van der Waals surface area contributed by atoms with Crippen LogP contribution in [0, 0.1) is 0 Å². The maximum atomic E-state index is 12.5. The molecule has 0 aromatic heterocycles. The fourth-order valence-corrected chi connectivity index (χ4v) is 4.04. The molecule has 8 heteroatoms. The van der Waals surface area contributed by atoms with Gasteiger partial charge < -0.3 is 24.6 Å². The van der Waals surface area contributed by atoms with E-state index < -0.39 is 0 Å². The smallest absolute Gasteiger partial charge is 0.409 e. The highest BCUT2D eigenvalue weighted by Crippen LogP contribution is 2.28. The van der Waals surface area contributed by atoms with Gasteiger partial charge in [0.05, 0.1) is 25.4 Å². The number of hydrogen-bond acceptors (Lipinski definition) is 6. The summed E-state index contributed by atoms with van der Waals surface area (Å²) in [5.74, 6) is 0.980. The summed E-state index contributed by atoms with van der Waals surface area (Å²) in [6, 6.07) is 8.25. The van der Waals surface area contributed by atoms with Gasteiger partial charge in [-0.2, -0.15) is 0 Å². The van der Waals surface area contributed by atoms with Crippen LogP contribution in [0.2, 0.25) is 0 Å². The van der Waals surface area contributed by atoms with E-state index in [1.54, 1.807) is 4.90 Å². The molecule has 0 spiro atoms. The van der Waals surface area contributed by atoms with Crippen LogP contribution in [0.3, 0.4) is 0 Å². The third-order valence-electron chi connectivity index (χ3n) is 5.63. The van der Waals surface area contributed by atoms with Crippen LogP contribution in [-0.2, 0) is 9.53 Å². The first-order chi connectivity index (χ1) is 14.6. The molecule has 3 rings (SSSR count). The molecule has 0 bridgehead atoms. The van der Waals surface area contributed by atoms with Crippen molar-refractivity contribution in [3.05, 3.63) is 24.3 Å². The lowest BCUT2D eigenvalue weighted by atomic mass is 10.1. The summed E-state index contributed by atoms with van der Waals surface area (Å²) in [6.45, 7) is 9.93. The highest BCUT2D eigenvalue weighted by Gasteiger charge is 2.26. The average Bonchev–Trinajstić information content (AvgIpc) is 2.76. The number of benzene rings is 1. The minimum atomic E-state index is -0.258. The van der Waals surface area contributed by atoms with E-state index in [4.69, 9.17) is 9.47 Å². The summed E-state index contributed by atoms with van der Waals surface area (Å²) >= 11 is 0. The van der Waals surface area contributed by atoms with Gasteiger partial charge in [-0.1, -0.05) is 12.1 Å². The number of hydrogen-bond donors (Lipinski definition) is 1. The number of piperazine rings is 1. The van der Waals surface area contributed by atoms with Gasteiger partial charge in [-0.3, -0.25) is 9.69 Å². The van der Waals surface area contributed by atoms with E-state index in [9.17, 15) is 9.59 Å². The van der Waals surface area contributed by atoms with E-state index in [2.05, 4.69) is 21.2 Å². The van der Waals surface area contributed by atoms with E-state index in [0.29, 0.717) is 32.8 Å². The van der Waals surface area contributed by atoms with Crippen molar-refractivity contribution in [2.24, 2.45) is 0 Å². The number of anilines is 1. The minimum Gasteiger partial charge on any atom is -0.492 e. The van der Waals surface area contributed by atoms with Crippen molar-refractivity contribution in [3.8, 4) is 5.75 Å². The molecule has 1 aromatic rings. The molecule has 0 saturated carbocycles. The van der Waals surface area contributed by atoms with Gasteiger partial charge in [-0.15, -0.1) is 0 Å². The van der Waals surface area contributed by atoms with Crippen LogP contribution in [0.5, 0.6) is 5.75 Å². The standard InChI is InChI=1S/C22H34N4O4/c1-3-29-20-8-6-5-7-19(20)25-15-13-24(14-16-25)17-21(27)23-18-9-11-26(12-10-18)22(28)30-4-2/h5-8,18H,3-4,9-17H2,1-2H3,(H,23,27). The second-order valence-electron chi connectivity index (χ2n) is 7.69. The van der Waals surface area contributed by atoms with Gasteiger partial charge in [-0.25, -0.2) is 4.79 Å². The van der Waals surface area contributed by atoms with Crippen molar-refractivity contribution < 1.29 is 19.1 Å². The van der Waals surface area contributed by atoms with Crippen molar-refractivity contribution >= 4 is 17.7 Å². The minimum absolute atomic E-state index is 0.0627. The molecule has 1 N–H and O–H groups in total. The zero-order valence-corrected chi connectivity index (χ0v) is 18.1. The number of amides is 2. The van der Waals surface area contributed by atoms with Crippen LogP contribution in [-0.4, -0.2) is 86.9 Å². The lowest BCUT2D eigenvalue weighted by Crippen LogP contribution is -2.52. The molecular formula is C22H34N4O4. The fourth-order valence-electron chi connectivity index (χ4n) is 4.04. The van der Waals surface area contributed by atoms with Crippen molar-refractivity contribution in [1.29, 1.82) is 0 Å². The highest BCUT2D eigenvalue weighted by molar-refractivity contribution is 5.78. The molecule has 2 aliphatic rings. The summed E-state index contributed by atoms with van der Waals surface area (Å²) in [5.41, 5.74) is 1.12. The van der Waals surface area contributed by atoms with E-state index in [1.807, 2.05) is 32.0 Å². The Morgan fingerprint density at radius 2 is 1.70 bits per heavy atom. The second-order valence-corrected chi connectivity index (χ2v) is 7.69. The van der Waals surface area contributed by atoms with Crippen molar-refractivity contribution in [3.63, 3.8) is 0 Å². The van der Waals surface area contributed by atoms with Gasteiger partial charge in [0.15, 0.2) is 0 Å². The molecule has 2 amide bonds. The molecule has 30 heavy (non-hydrogen) atoms. The number of likely N-dealkylation sites (tertiary alicyclic amines) is 1. The van der Waals surface area contributed by atoms with Crippen LogP contribution >= 0.6 is 0 Å². The van der Waals surface area contributed by atoms with Gasteiger partial charge in [0.2, 0.25) is 5.91 Å². The number of nitrogens with one attached hydrogen (secondary N) is 1. The Morgan fingerprint density at radius 1 is 1.00 bits per heavy atom. The molecule has 8 nitrogen and oxygen atoms in total. The van der Waals surface area contributed by atoms with Crippen molar-refractivity contribution in [1.82, 2.24) is 15.1 Å². The number of rotatable bonds is 7. The Labute approximate surface area is 179 Å². The fraction of sp³-hybridized carbons (Fsp3) is 0.636. The van der Waals surface area contributed by atoms with Gasteiger partial charge in [0.25, 0.3) is 0 Å². The molecule has 0 radical (unpaired) electrons. The van der Waals surface area contributed by atoms with Gasteiger partial charge in [0.1, 0.15) is 5.75 Å². The largest absolute Gasteiger partial charge is 0.492 e. The van der Waals surface area contributed by atoms with Crippen LogP contribution in [0.15, 0.2) is 24.3 Å². The topological polar surface area (TPSA) is 74.4 Å². The number of carbonyl (C=O) groups is 2. The van der Waals surface area contributed by atoms with Crippen LogP contribution in [0.25, 0.3) is 0 Å². The van der Waals surface area contributed by atoms with Gasteiger partial charge >= 0.3 is 6.09 Å². The molecule has 0 unspecified atom stereocenters. The number of para-hydroxylation sites is 2. The molecule has 0 aliphatic carbocycles. The Bertz CT molecular complexity index is 698. The zero-order chi connectivity index (χ0) is 21.3. The third-order valence-corrected chi connectivity index (χ3v) is 5.63. The van der Waals surface area contributed by atoms with Crippen LogP contribution < -0.4 is 15.0 Å². The molecule has 0 atom stereocenters. The normalized spacial score (nSPS) is 18.2. The maximum Gasteiger partial charge on any atom is 0.409 e. The summed E-state index contributed by atoms with van der Waals surface area (Å²) in [4.78, 5) is 30.5. The van der Waals surface area contributed by atoms with E-state index in [-0.39, 0.29) is 18.0 Å². The zero-order valence-electron chi connectivity index (χ0n) is 18.1. The first kappa shape index (κ1) is 22.2. The van der Waals surface area contributed by atoms with E-state index in [0.717, 1.165) is 50.5 Å². The van der Waals surface area contributed by atoms with Crippen molar-refractivity contribution in [2.45, 2.75) is 32.7 Å². The predicted octanol–water partition coefficient (Wildman–Crippen LogP) is 1.94. The summed E-state index contributed by atoms with van der Waals surface area (Å²) in [7, 11) is 0. The number of ether oxygens (including phenoxy) is 2. The summed E-state index contributed by atoms with van der Waals surface area (Å²) < 4.78 is 10.8. The van der Waals surface area contributed by atoms with Gasteiger partial charge in [0, 0.05) is 45.3 Å².